The van der Waals surface area contributed by atoms with Crippen LogP contribution in [0.15, 0.2) is 18.2 Å². The number of hydrogen-bond donors (Lipinski definition) is 1. The molecule has 0 radical (unpaired) electrons. The van der Waals surface area contributed by atoms with Crippen molar-refractivity contribution in [2.45, 2.75) is 46.6 Å². The van der Waals surface area contributed by atoms with Crippen molar-refractivity contribution in [3.05, 3.63) is 34.9 Å². The second kappa shape index (κ2) is 4.80. The van der Waals surface area contributed by atoms with Gasteiger partial charge in [-0.15, -0.1) is 0 Å². The molecule has 1 nitrogen and oxygen atoms in total. The molecule has 0 heterocycles. The molecule has 15 heavy (non-hydrogen) atoms. The highest BCUT2D eigenvalue weighted by molar-refractivity contribution is 5.34. The maximum atomic E-state index is 9.85. The summed E-state index contributed by atoms with van der Waals surface area (Å²) in [5.74, 6) is 0.704. The van der Waals surface area contributed by atoms with E-state index in [4.69, 9.17) is 0 Å². The summed E-state index contributed by atoms with van der Waals surface area (Å²) < 4.78 is 0. The number of aryl methyl sites for hydroxylation is 2. The maximum Gasteiger partial charge on any atom is 0.0583 e. The molecule has 84 valence electrons. The van der Waals surface area contributed by atoms with Gasteiger partial charge in [-0.2, -0.15) is 0 Å². The highest BCUT2D eigenvalue weighted by atomic mass is 16.3. The molecule has 1 aromatic carbocycles. The van der Waals surface area contributed by atoms with Crippen molar-refractivity contribution in [3.63, 3.8) is 0 Å². The Morgan fingerprint density at radius 1 is 1.07 bits per heavy atom. The van der Waals surface area contributed by atoms with Crippen LogP contribution in [0.25, 0.3) is 0 Å². The van der Waals surface area contributed by atoms with E-state index >= 15 is 0 Å². The summed E-state index contributed by atoms with van der Waals surface area (Å²) in [6.07, 6.45) is -0.287. The van der Waals surface area contributed by atoms with E-state index in [1.807, 2.05) is 6.92 Å². The lowest BCUT2D eigenvalue weighted by atomic mass is 9.82. The topological polar surface area (TPSA) is 20.2 Å². The van der Waals surface area contributed by atoms with E-state index in [1.165, 1.54) is 16.7 Å². The van der Waals surface area contributed by atoms with Crippen molar-refractivity contribution in [1.29, 1.82) is 0 Å². The normalized spacial score (nSPS) is 15.4. The zero-order chi connectivity index (χ0) is 11.6. The van der Waals surface area contributed by atoms with Gasteiger partial charge in [0.2, 0.25) is 0 Å². The van der Waals surface area contributed by atoms with Gasteiger partial charge in [0, 0.05) is 5.92 Å². The fourth-order valence-corrected chi connectivity index (χ4v) is 2.30. The summed E-state index contributed by atoms with van der Waals surface area (Å²) in [6.45, 7) is 10.4. The SMILES string of the molecule is Cc1ccc(C)c([C@@H](C(C)C)[C@H](C)O)c1. The average molecular weight is 206 g/mol. The minimum atomic E-state index is -0.287. The molecule has 0 aliphatic carbocycles. The Balaban J connectivity index is 3.16. The molecule has 1 heteroatoms. The molecule has 2 atom stereocenters. The van der Waals surface area contributed by atoms with E-state index in [1.54, 1.807) is 0 Å². The summed E-state index contributed by atoms with van der Waals surface area (Å²) in [4.78, 5) is 0. The van der Waals surface area contributed by atoms with Crippen LogP contribution in [0.4, 0.5) is 0 Å². The minimum absolute atomic E-state index is 0.241. The Hall–Kier alpha value is -0.820. The van der Waals surface area contributed by atoms with Crippen LogP contribution in [-0.4, -0.2) is 11.2 Å². The van der Waals surface area contributed by atoms with Crippen LogP contribution < -0.4 is 0 Å². The van der Waals surface area contributed by atoms with Gasteiger partial charge in [0.25, 0.3) is 0 Å². The first kappa shape index (κ1) is 12.3. The summed E-state index contributed by atoms with van der Waals surface area (Å²) in [6, 6.07) is 6.47. The number of benzene rings is 1. The molecule has 1 N–H and O–H groups in total. The predicted molar refractivity (Wildman–Crippen MR) is 65.2 cm³/mol. The van der Waals surface area contributed by atoms with E-state index in [0.29, 0.717) is 5.92 Å². The monoisotopic (exact) mass is 206 g/mol. The van der Waals surface area contributed by atoms with Crippen molar-refractivity contribution in [3.8, 4) is 0 Å². The molecule has 0 fully saturated rings. The molecule has 1 rings (SSSR count). The first-order valence-corrected chi connectivity index (χ1v) is 5.68. The highest BCUT2D eigenvalue weighted by Gasteiger charge is 2.22. The van der Waals surface area contributed by atoms with Gasteiger partial charge in [-0.1, -0.05) is 37.6 Å². The quantitative estimate of drug-likeness (QED) is 0.803. The Morgan fingerprint density at radius 2 is 1.67 bits per heavy atom. The largest absolute Gasteiger partial charge is 0.393 e. The van der Waals surface area contributed by atoms with Crippen LogP contribution in [0.1, 0.15) is 43.4 Å². The van der Waals surface area contributed by atoms with Gasteiger partial charge < -0.3 is 5.11 Å². The van der Waals surface area contributed by atoms with Crippen LogP contribution in [-0.2, 0) is 0 Å². The van der Waals surface area contributed by atoms with Gasteiger partial charge in [-0.3, -0.25) is 0 Å². The molecular weight excluding hydrogens is 184 g/mol. The van der Waals surface area contributed by atoms with Crippen LogP contribution in [0.3, 0.4) is 0 Å². The van der Waals surface area contributed by atoms with Gasteiger partial charge in [-0.25, -0.2) is 0 Å². The van der Waals surface area contributed by atoms with Crippen LogP contribution in [0.5, 0.6) is 0 Å². The number of aliphatic hydroxyl groups is 1. The Bertz CT molecular complexity index is 318. The molecule has 0 saturated heterocycles. The first-order chi connectivity index (χ1) is 6.93. The van der Waals surface area contributed by atoms with E-state index < -0.39 is 0 Å². The van der Waals surface area contributed by atoms with Crippen molar-refractivity contribution < 1.29 is 5.11 Å². The van der Waals surface area contributed by atoms with Crippen molar-refractivity contribution in [2.75, 3.05) is 0 Å². The third kappa shape index (κ3) is 2.82. The summed E-state index contributed by atoms with van der Waals surface area (Å²) >= 11 is 0. The Morgan fingerprint density at radius 3 is 2.13 bits per heavy atom. The third-order valence-corrected chi connectivity index (χ3v) is 3.03. The second-order valence-corrected chi connectivity index (χ2v) is 4.87. The lowest BCUT2D eigenvalue weighted by Crippen LogP contribution is -2.21. The van der Waals surface area contributed by atoms with Crippen LogP contribution >= 0.6 is 0 Å². The van der Waals surface area contributed by atoms with E-state index in [9.17, 15) is 5.11 Å². The van der Waals surface area contributed by atoms with Crippen LogP contribution in [0.2, 0.25) is 0 Å². The lowest BCUT2D eigenvalue weighted by Gasteiger charge is -2.26. The fraction of sp³-hybridized carbons (Fsp3) is 0.571. The Labute approximate surface area is 93.1 Å². The molecule has 0 saturated carbocycles. The molecule has 0 aromatic heterocycles. The van der Waals surface area contributed by atoms with Gasteiger partial charge in [0.05, 0.1) is 6.10 Å². The minimum Gasteiger partial charge on any atom is -0.393 e. The molecule has 0 amide bonds. The molecule has 0 aliphatic heterocycles. The number of hydrogen-bond acceptors (Lipinski definition) is 1. The zero-order valence-electron chi connectivity index (χ0n) is 10.4. The van der Waals surface area contributed by atoms with Crippen LogP contribution in [0, 0.1) is 19.8 Å². The fourth-order valence-electron chi connectivity index (χ4n) is 2.30. The van der Waals surface area contributed by atoms with E-state index in [-0.39, 0.29) is 12.0 Å². The predicted octanol–water partition coefficient (Wildman–Crippen LogP) is 3.42. The summed E-state index contributed by atoms with van der Waals surface area (Å²) in [5, 5.41) is 9.85. The lowest BCUT2D eigenvalue weighted by molar-refractivity contribution is 0.140. The number of aliphatic hydroxyl groups excluding tert-OH is 1. The van der Waals surface area contributed by atoms with Crippen molar-refractivity contribution in [2.24, 2.45) is 5.92 Å². The second-order valence-electron chi connectivity index (χ2n) is 4.87. The molecule has 0 bridgehead atoms. The summed E-state index contributed by atoms with van der Waals surface area (Å²) in [7, 11) is 0. The zero-order valence-corrected chi connectivity index (χ0v) is 10.4. The average Bonchev–Trinajstić information content (AvgIpc) is 2.10. The first-order valence-electron chi connectivity index (χ1n) is 5.68. The van der Waals surface area contributed by atoms with Gasteiger partial charge in [0.15, 0.2) is 0 Å². The molecule has 0 unspecified atom stereocenters. The molecule has 1 aromatic rings. The van der Waals surface area contributed by atoms with E-state index in [0.717, 1.165) is 0 Å². The highest BCUT2D eigenvalue weighted by Crippen LogP contribution is 2.30. The maximum absolute atomic E-state index is 9.85. The van der Waals surface area contributed by atoms with Gasteiger partial charge >= 0.3 is 0 Å². The molecule has 0 aliphatic rings. The van der Waals surface area contributed by atoms with Crippen molar-refractivity contribution >= 4 is 0 Å². The molecule has 0 spiro atoms. The van der Waals surface area contributed by atoms with E-state index in [2.05, 4.69) is 45.9 Å². The smallest absolute Gasteiger partial charge is 0.0583 e. The van der Waals surface area contributed by atoms with Gasteiger partial charge in [-0.05, 0) is 37.8 Å². The summed E-state index contributed by atoms with van der Waals surface area (Å²) in [5.41, 5.74) is 3.84. The van der Waals surface area contributed by atoms with Crippen molar-refractivity contribution in [1.82, 2.24) is 0 Å². The molecular formula is C14H22O. The number of rotatable bonds is 3. The standard InChI is InChI=1S/C14H22O/c1-9(2)14(12(5)15)13-8-10(3)6-7-11(13)4/h6-9,12,14-15H,1-5H3/t12-,14-/m0/s1. The Kier molecular flexibility index (Phi) is 3.92. The van der Waals surface area contributed by atoms with Gasteiger partial charge in [0.1, 0.15) is 0 Å². The third-order valence-electron chi connectivity index (χ3n) is 3.03.